The van der Waals surface area contributed by atoms with Gasteiger partial charge in [0.2, 0.25) is 5.76 Å². The molecule has 2 aromatic heterocycles. The van der Waals surface area contributed by atoms with Crippen LogP contribution >= 0.6 is 11.3 Å². The van der Waals surface area contributed by atoms with Crippen molar-refractivity contribution in [2.45, 2.75) is 6.04 Å². The van der Waals surface area contributed by atoms with Crippen LogP contribution in [-0.4, -0.2) is 29.1 Å². The van der Waals surface area contributed by atoms with E-state index in [0.717, 1.165) is 21.5 Å². The lowest BCUT2D eigenvalue weighted by molar-refractivity contribution is -0.143. The first-order valence-corrected chi connectivity index (χ1v) is 11.7. The highest BCUT2D eigenvalue weighted by atomic mass is 32.1. The third kappa shape index (κ3) is 4.93. The van der Waals surface area contributed by atoms with Crippen LogP contribution in [0.1, 0.15) is 22.2 Å². The number of carbonyl (C=O) groups excluding carboxylic acids is 2. The zero-order chi connectivity index (χ0) is 25.1. The molecular weight excluding hydrogens is 483 g/mol. The Morgan fingerprint density at radius 1 is 1.03 bits per heavy atom. The van der Waals surface area contributed by atoms with Crippen molar-refractivity contribution in [2.24, 2.45) is 0 Å². The molecular formula is C26H19FN4O4S. The van der Waals surface area contributed by atoms with Gasteiger partial charge in [0.25, 0.3) is 5.91 Å². The van der Waals surface area contributed by atoms with Crippen LogP contribution in [0.4, 0.5) is 15.2 Å². The predicted octanol–water partition coefficient (Wildman–Crippen LogP) is 5.48. The molecule has 1 amide bonds. The number of rotatable bonds is 7. The van der Waals surface area contributed by atoms with Gasteiger partial charge in [-0.05, 0) is 35.9 Å². The SMILES string of the molecule is COC(=O)C(NC(=O)c1cc(-c2ccc(Nc3nc4ccc(F)cc4s3)cc2)no1)c1ccccc1. The lowest BCUT2D eigenvalue weighted by Gasteiger charge is -2.15. The van der Waals surface area contributed by atoms with E-state index >= 15 is 0 Å². The van der Waals surface area contributed by atoms with E-state index in [1.807, 2.05) is 30.3 Å². The fourth-order valence-corrected chi connectivity index (χ4v) is 4.47. The van der Waals surface area contributed by atoms with Crippen molar-refractivity contribution in [1.82, 2.24) is 15.5 Å². The second-order valence-electron chi connectivity index (χ2n) is 7.75. The van der Waals surface area contributed by atoms with E-state index in [-0.39, 0.29) is 11.6 Å². The summed E-state index contributed by atoms with van der Waals surface area (Å²) in [6.45, 7) is 0. The van der Waals surface area contributed by atoms with Crippen molar-refractivity contribution in [1.29, 1.82) is 0 Å². The van der Waals surface area contributed by atoms with Crippen molar-refractivity contribution in [3.63, 3.8) is 0 Å². The number of hydrogen-bond donors (Lipinski definition) is 2. The number of anilines is 2. The topological polar surface area (TPSA) is 106 Å². The maximum atomic E-state index is 13.4. The Balaban J connectivity index is 1.28. The van der Waals surface area contributed by atoms with Gasteiger partial charge in [-0.2, -0.15) is 0 Å². The van der Waals surface area contributed by atoms with Gasteiger partial charge >= 0.3 is 5.97 Å². The van der Waals surface area contributed by atoms with Crippen LogP contribution in [0.25, 0.3) is 21.5 Å². The zero-order valence-electron chi connectivity index (χ0n) is 18.9. The largest absolute Gasteiger partial charge is 0.467 e. The Hall–Kier alpha value is -4.57. The smallest absolute Gasteiger partial charge is 0.333 e. The molecule has 5 rings (SSSR count). The fourth-order valence-electron chi connectivity index (χ4n) is 3.56. The summed E-state index contributed by atoms with van der Waals surface area (Å²) in [6, 6.07) is 21.1. The molecule has 5 aromatic rings. The molecule has 10 heteroatoms. The number of nitrogens with one attached hydrogen (secondary N) is 2. The second kappa shape index (κ2) is 9.96. The van der Waals surface area contributed by atoms with Crippen LogP contribution in [0, 0.1) is 5.82 Å². The Morgan fingerprint density at radius 3 is 2.56 bits per heavy atom. The molecule has 180 valence electrons. The number of benzene rings is 3. The number of ether oxygens (including phenoxy) is 1. The summed E-state index contributed by atoms with van der Waals surface area (Å²) in [6.07, 6.45) is 0. The highest BCUT2D eigenvalue weighted by Gasteiger charge is 2.26. The van der Waals surface area contributed by atoms with E-state index in [0.29, 0.717) is 16.4 Å². The molecule has 2 N–H and O–H groups in total. The van der Waals surface area contributed by atoms with Crippen LogP contribution in [0.3, 0.4) is 0 Å². The van der Waals surface area contributed by atoms with Gasteiger partial charge in [0, 0.05) is 17.3 Å². The highest BCUT2D eigenvalue weighted by Crippen LogP contribution is 2.30. The van der Waals surface area contributed by atoms with E-state index in [1.165, 1.54) is 36.6 Å². The molecule has 0 aliphatic rings. The van der Waals surface area contributed by atoms with Crippen molar-refractivity contribution in [3.05, 3.63) is 96.0 Å². The van der Waals surface area contributed by atoms with Crippen LogP contribution in [0.15, 0.2) is 83.4 Å². The maximum Gasteiger partial charge on any atom is 0.333 e. The molecule has 8 nitrogen and oxygen atoms in total. The minimum absolute atomic E-state index is 0.0428. The van der Waals surface area contributed by atoms with Crippen molar-refractivity contribution in [3.8, 4) is 11.3 Å². The fraction of sp³-hybridized carbons (Fsp3) is 0.0769. The average molecular weight is 503 g/mol. The quantitative estimate of drug-likeness (QED) is 0.284. The maximum absolute atomic E-state index is 13.4. The molecule has 0 fully saturated rings. The van der Waals surface area contributed by atoms with Crippen LogP contribution in [-0.2, 0) is 9.53 Å². The Labute approximate surface area is 208 Å². The predicted molar refractivity (Wildman–Crippen MR) is 133 cm³/mol. The first-order chi connectivity index (χ1) is 17.5. The highest BCUT2D eigenvalue weighted by molar-refractivity contribution is 7.22. The van der Waals surface area contributed by atoms with Gasteiger partial charge in [0.05, 0.1) is 17.3 Å². The monoisotopic (exact) mass is 502 g/mol. The number of fused-ring (bicyclic) bond motifs is 1. The molecule has 0 aliphatic heterocycles. The molecule has 0 radical (unpaired) electrons. The molecule has 0 bridgehead atoms. The minimum Gasteiger partial charge on any atom is -0.467 e. The number of carbonyl (C=O) groups is 2. The summed E-state index contributed by atoms with van der Waals surface area (Å²) in [5.74, 6) is -1.54. The van der Waals surface area contributed by atoms with Gasteiger partial charge in [-0.3, -0.25) is 4.79 Å². The van der Waals surface area contributed by atoms with Gasteiger partial charge in [-0.25, -0.2) is 14.2 Å². The van der Waals surface area contributed by atoms with E-state index in [2.05, 4.69) is 20.8 Å². The third-order valence-electron chi connectivity index (χ3n) is 5.36. The number of esters is 1. The average Bonchev–Trinajstić information content (AvgIpc) is 3.55. The zero-order valence-corrected chi connectivity index (χ0v) is 19.7. The van der Waals surface area contributed by atoms with Crippen LogP contribution in [0.5, 0.6) is 0 Å². The van der Waals surface area contributed by atoms with E-state index < -0.39 is 17.9 Å². The summed E-state index contributed by atoms with van der Waals surface area (Å²) in [5, 5.41) is 10.5. The van der Waals surface area contributed by atoms with E-state index in [4.69, 9.17) is 9.26 Å². The number of methoxy groups -OCH3 is 1. The summed E-state index contributed by atoms with van der Waals surface area (Å²) in [7, 11) is 1.26. The molecule has 0 saturated carbocycles. The molecule has 0 spiro atoms. The molecule has 3 aromatic carbocycles. The minimum atomic E-state index is -0.985. The lowest BCUT2D eigenvalue weighted by Crippen LogP contribution is -2.34. The van der Waals surface area contributed by atoms with E-state index in [1.54, 1.807) is 30.3 Å². The molecule has 36 heavy (non-hydrogen) atoms. The van der Waals surface area contributed by atoms with Crippen LogP contribution in [0.2, 0.25) is 0 Å². The second-order valence-corrected chi connectivity index (χ2v) is 8.78. The Kier molecular flexibility index (Phi) is 6.42. The van der Waals surface area contributed by atoms with Crippen molar-refractivity contribution >= 4 is 44.2 Å². The molecule has 1 atom stereocenters. The van der Waals surface area contributed by atoms with Crippen LogP contribution < -0.4 is 10.6 Å². The normalized spacial score (nSPS) is 11.7. The summed E-state index contributed by atoms with van der Waals surface area (Å²) >= 11 is 1.35. The van der Waals surface area contributed by atoms with Gasteiger partial charge in [-0.15, -0.1) is 0 Å². The standard InChI is InChI=1S/C26H19FN4O4S/c1-34-25(33)23(16-5-3-2-4-6-16)30-24(32)21-14-20(31-35-21)15-7-10-18(11-8-15)28-26-29-19-12-9-17(27)13-22(19)36-26/h2-14,23H,1H3,(H,28,29)(H,30,32). The van der Waals surface area contributed by atoms with Crippen molar-refractivity contribution < 1.29 is 23.2 Å². The van der Waals surface area contributed by atoms with Gasteiger partial charge in [0.15, 0.2) is 11.2 Å². The number of aromatic nitrogens is 2. The first-order valence-electron chi connectivity index (χ1n) is 10.8. The van der Waals surface area contributed by atoms with Gasteiger partial charge in [-0.1, -0.05) is 59.0 Å². The number of nitrogens with zero attached hydrogens (tertiary/aromatic N) is 2. The first kappa shape index (κ1) is 23.2. The summed E-state index contributed by atoms with van der Waals surface area (Å²) in [5.41, 5.74) is 3.26. The van der Waals surface area contributed by atoms with Gasteiger partial charge < -0.3 is 19.9 Å². The number of halogens is 1. The molecule has 1 unspecified atom stereocenters. The molecule has 0 saturated heterocycles. The van der Waals surface area contributed by atoms with E-state index in [9.17, 15) is 14.0 Å². The molecule has 2 heterocycles. The summed E-state index contributed by atoms with van der Waals surface area (Å²) in [4.78, 5) is 29.4. The number of amides is 1. The number of hydrogen-bond acceptors (Lipinski definition) is 8. The Bertz CT molecular complexity index is 1530. The third-order valence-corrected chi connectivity index (χ3v) is 6.30. The molecule has 0 aliphatic carbocycles. The van der Waals surface area contributed by atoms with Gasteiger partial charge in [0.1, 0.15) is 11.5 Å². The Morgan fingerprint density at radius 2 is 1.81 bits per heavy atom. The lowest BCUT2D eigenvalue weighted by atomic mass is 10.1. The summed E-state index contributed by atoms with van der Waals surface area (Å²) < 4.78 is 24.2. The number of thiazole rings is 1. The van der Waals surface area contributed by atoms with Crippen molar-refractivity contribution in [2.75, 3.05) is 12.4 Å².